The summed E-state index contributed by atoms with van der Waals surface area (Å²) in [6, 6.07) is 7.36. The first-order valence-electron chi connectivity index (χ1n) is 8.15. The molecule has 0 unspecified atom stereocenters. The lowest BCUT2D eigenvalue weighted by Crippen LogP contribution is -2.27. The summed E-state index contributed by atoms with van der Waals surface area (Å²) >= 11 is 0. The van der Waals surface area contributed by atoms with E-state index >= 15 is 0 Å². The SMILES string of the molecule is COc1cc(C)c(O)c(P(c2cc(OC)cc(C)c2O)C(C)(C)C)c1. The number of phenols is 2. The van der Waals surface area contributed by atoms with Crippen molar-refractivity contribution < 1.29 is 19.7 Å². The van der Waals surface area contributed by atoms with Crippen LogP contribution in [0.15, 0.2) is 24.3 Å². The molecule has 0 aromatic heterocycles. The fourth-order valence-electron chi connectivity index (χ4n) is 2.89. The van der Waals surface area contributed by atoms with E-state index in [0.29, 0.717) is 11.5 Å². The number of methoxy groups -OCH3 is 2. The van der Waals surface area contributed by atoms with Gasteiger partial charge in [-0.1, -0.05) is 20.8 Å². The van der Waals surface area contributed by atoms with E-state index in [9.17, 15) is 10.2 Å². The van der Waals surface area contributed by atoms with Crippen LogP contribution >= 0.6 is 7.92 Å². The van der Waals surface area contributed by atoms with Gasteiger partial charge in [0, 0.05) is 10.6 Å². The van der Waals surface area contributed by atoms with Crippen molar-refractivity contribution in [1.82, 2.24) is 0 Å². The number of ether oxygens (including phenoxy) is 2. The topological polar surface area (TPSA) is 58.9 Å². The third-order valence-electron chi connectivity index (χ3n) is 4.13. The Bertz CT molecular complexity index is 719. The van der Waals surface area contributed by atoms with Gasteiger partial charge in [-0.15, -0.1) is 0 Å². The lowest BCUT2D eigenvalue weighted by molar-refractivity contribution is 0.412. The highest BCUT2D eigenvalue weighted by atomic mass is 31.1. The number of benzene rings is 2. The average molecular weight is 362 g/mol. The van der Waals surface area contributed by atoms with Gasteiger partial charge in [0.25, 0.3) is 0 Å². The monoisotopic (exact) mass is 362 g/mol. The average Bonchev–Trinajstić information content (AvgIpc) is 2.53. The molecule has 5 heteroatoms. The molecule has 0 aliphatic heterocycles. The summed E-state index contributed by atoms with van der Waals surface area (Å²) in [4.78, 5) is 0. The highest BCUT2D eigenvalue weighted by Gasteiger charge is 2.33. The minimum Gasteiger partial charge on any atom is -0.507 e. The number of hydrogen-bond acceptors (Lipinski definition) is 4. The number of aryl methyl sites for hydroxylation is 2. The zero-order chi connectivity index (χ0) is 18.9. The molecule has 0 fully saturated rings. The van der Waals surface area contributed by atoms with Crippen molar-refractivity contribution in [3.8, 4) is 23.0 Å². The summed E-state index contributed by atoms with van der Waals surface area (Å²) in [5.41, 5.74) is 1.51. The van der Waals surface area contributed by atoms with Crippen molar-refractivity contribution in [2.75, 3.05) is 14.2 Å². The molecule has 2 aromatic carbocycles. The molecule has 0 heterocycles. The number of aromatic hydroxyl groups is 2. The van der Waals surface area contributed by atoms with Crippen molar-refractivity contribution in [3.05, 3.63) is 35.4 Å². The van der Waals surface area contributed by atoms with Crippen LogP contribution in [0.1, 0.15) is 31.9 Å². The number of rotatable bonds is 4. The maximum absolute atomic E-state index is 10.7. The van der Waals surface area contributed by atoms with Crippen LogP contribution in [-0.4, -0.2) is 29.6 Å². The zero-order valence-electron chi connectivity index (χ0n) is 16.0. The lowest BCUT2D eigenvalue weighted by atomic mass is 10.2. The second kappa shape index (κ2) is 7.13. The molecule has 2 rings (SSSR count). The van der Waals surface area contributed by atoms with E-state index in [1.165, 1.54) is 0 Å². The molecular formula is C20H27O4P. The second-order valence-electron chi connectivity index (χ2n) is 7.13. The largest absolute Gasteiger partial charge is 0.507 e. The van der Waals surface area contributed by atoms with Gasteiger partial charge >= 0.3 is 0 Å². The van der Waals surface area contributed by atoms with Gasteiger partial charge in [0.1, 0.15) is 23.0 Å². The summed E-state index contributed by atoms with van der Waals surface area (Å²) < 4.78 is 10.8. The standard InChI is InChI=1S/C20H27O4P/c1-12-8-14(23-6)10-16(18(12)21)25(20(3,4)5)17-11-15(24-7)9-13(2)19(17)22/h8-11,21-22H,1-7H3. The van der Waals surface area contributed by atoms with Gasteiger partial charge < -0.3 is 19.7 Å². The van der Waals surface area contributed by atoms with Crippen LogP contribution in [0.25, 0.3) is 0 Å². The molecule has 25 heavy (non-hydrogen) atoms. The molecule has 0 amide bonds. The van der Waals surface area contributed by atoms with Crippen LogP contribution in [0.2, 0.25) is 0 Å². The zero-order valence-corrected chi connectivity index (χ0v) is 16.9. The molecule has 2 aromatic rings. The van der Waals surface area contributed by atoms with Crippen LogP contribution in [0.3, 0.4) is 0 Å². The Morgan fingerprint density at radius 3 is 1.40 bits per heavy atom. The molecule has 4 nitrogen and oxygen atoms in total. The van der Waals surface area contributed by atoms with Gasteiger partial charge in [0.15, 0.2) is 0 Å². The number of phenolic OH excluding ortho intramolecular Hbond substituents is 2. The van der Waals surface area contributed by atoms with E-state index in [-0.39, 0.29) is 16.7 Å². The Balaban J connectivity index is 2.81. The maximum Gasteiger partial charge on any atom is 0.126 e. The Hall–Kier alpha value is -1.93. The number of hydrogen-bond donors (Lipinski definition) is 2. The maximum atomic E-state index is 10.7. The summed E-state index contributed by atoms with van der Waals surface area (Å²) in [6.07, 6.45) is 0. The van der Waals surface area contributed by atoms with Crippen molar-refractivity contribution in [2.24, 2.45) is 0 Å². The van der Waals surface area contributed by atoms with Crippen molar-refractivity contribution in [1.29, 1.82) is 0 Å². The highest BCUT2D eigenvalue weighted by Crippen LogP contribution is 2.52. The third-order valence-corrected chi connectivity index (χ3v) is 7.12. The fourth-order valence-corrected chi connectivity index (χ4v) is 5.88. The normalized spacial score (nSPS) is 11.7. The van der Waals surface area contributed by atoms with Crippen LogP contribution in [-0.2, 0) is 0 Å². The Labute approximate surface area is 151 Å². The van der Waals surface area contributed by atoms with E-state index in [0.717, 1.165) is 21.7 Å². The summed E-state index contributed by atoms with van der Waals surface area (Å²) in [7, 11) is 2.16. The van der Waals surface area contributed by atoms with Crippen molar-refractivity contribution in [2.45, 2.75) is 39.8 Å². The smallest absolute Gasteiger partial charge is 0.126 e. The Kier molecular flexibility index (Phi) is 5.53. The van der Waals surface area contributed by atoms with Gasteiger partial charge in [-0.3, -0.25) is 0 Å². The van der Waals surface area contributed by atoms with Gasteiger partial charge in [-0.25, -0.2) is 0 Å². The molecule has 0 bridgehead atoms. The van der Waals surface area contributed by atoms with Gasteiger partial charge in [-0.05, 0) is 62.3 Å². The van der Waals surface area contributed by atoms with E-state index in [1.54, 1.807) is 14.2 Å². The minimum atomic E-state index is -1.07. The predicted octanol–water partition coefficient (Wildman–Crippen LogP) is 3.96. The Morgan fingerprint density at radius 1 is 0.760 bits per heavy atom. The molecule has 0 atom stereocenters. The summed E-state index contributed by atoms with van der Waals surface area (Å²) in [5, 5.41) is 22.9. The first-order chi connectivity index (χ1) is 11.6. The summed E-state index contributed by atoms with van der Waals surface area (Å²) in [6.45, 7) is 10.0. The van der Waals surface area contributed by atoms with Crippen LogP contribution in [0, 0.1) is 13.8 Å². The highest BCUT2D eigenvalue weighted by molar-refractivity contribution is 7.74. The van der Waals surface area contributed by atoms with Crippen LogP contribution < -0.4 is 20.1 Å². The van der Waals surface area contributed by atoms with Crippen LogP contribution in [0.4, 0.5) is 0 Å². The quantitative estimate of drug-likeness (QED) is 0.808. The van der Waals surface area contributed by atoms with E-state index < -0.39 is 7.92 Å². The van der Waals surface area contributed by atoms with Gasteiger partial charge in [-0.2, -0.15) is 0 Å². The van der Waals surface area contributed by atoms with Crippen LogP contribution in [0.5, 0.6) is 23.0 Å². The van der Waals surface area contributed by atoms with Gasteiger partial charge in [0.05, 0.1) is 14.2 Å². The van der Waals surface area contributed by atoms with Gasteiger partial charge in [0.2, 0.25) is 0 Å². The molecule has 136 valence electrons. The van der Waals surface area contributed by atoms with Crippen molar-refractivity contribution in [3.63, 3.8) is 0 Å². The predicted molar refractivity (Wildman–Crippen MR) is 105 cm³/mol. The fraction of sp³-hybridized carbons (Fsp3) is 0.400. The Morgan fingerprint density at radius 2 is 1.12 bits per heavy atom. The van der Waals surface area contributed by atoms with E-state index in [1.807, 2.05) is 38.1 Å². The second-order valence-corrected chi connectivity index (χ2v) is 10.1. The third kappa shape index (κ3) is 3.85. The van der Waals surface area contributed by atoms with Crippen molar-refractivity contribution >= 4 is 18.5 Å². The lowest BCUT2D eigenvalue weighted by Gasteiger charge is -2.34. The molecule has 0 aliphatic rings. The molecule has 0 aliphatic carbocycles. The van der Waals surface area contributed by atoms with E-state index in [2.05, 4.69) is 20.8 Å². The molecular weight excluding hydrogens is 335 g/mol. The molecule has 0 saturated carbocycles. The molecule has 0 saturated heterocycles. The first-order valence-corrected chi connectivity index (χ1v) is 9.49. The minimum absolute atomic E-state index is 0.193. The first kappa shape index (κ1) is 19.4. The summed E-state index contributed by atoms with van der Waals surface area (Å²) in [5.74, 6) is 1.89. The molecule has 0 radical (unpaired) electrons. The molecule has 0 spiro atoms. The van der Waals surface area contributed by atoms with E-state index in [4.69, 9.17) is 9.47 Å². The molecule has 2 N–H and O–H groups in total.